The third-order valence-electron chi connectivity index (χ3n) is 2.33. The van der Waals surface area contributed by atoms with Gasteiger partial charge in [-0.25, -0.2) is 13.2 Å². The minimum atomic E-state index is -3.49. The molecule has 0 aliphatic carbocycles. The van der Waals surface area contributed by atoms with Crippen LogP contribution in [0.25, 0.3) is 0 Å². The van der Waals surface area contributed by atoms with E-state index in [1.807, 2.05) is 6.92 Å². The molecular formula is C12H14O4S. The lowest BCUT2D eigenvalue weighted by Gasteiger charge is -2.06. The molecule has 0 saturated carbocycles. The van der Waals surface area contributed by atoms with E-state index in [4.69, 9.17) is 5.11 Å². The molecule has 92 valence electrons. The van der Waals surface area contributed by atoms with Gasteiger partial charge in [0.15, 0.2) is 9.84 Å². The van der Waals surface area contributed by atoms with E-state index in [-0.39, 0.29) is 16.2 Å². The van der Waals surface area contributed by atoms with Gasteiger partial charge in [0.1, 0.15) is 0 Å². The van der Waals surface area contributed by atoms with Crippen LogP contribution >= 0.6 is 0 Å². The zero-order chi connectivity index (χ0) is 13.1. The van der Waals surface area contributed by atoms with Crippen molar-refractivity contribution < 1.29 is 18.3 Å². The van der Waals surface area contributed by atoms with E-state index in [2.05, 4.69) is 6.58 Å². The molecule has 4 nitrogen and oxygen atoms in total. The summed E-state index contributed by atoms with van der Waals surface area (Å²) in [6.07, 6.45) is 0.581. The monoisotopic (exact) mass is 254 g/mol. The molecule has 0 heterocycles. The fourth-order valence-electron chi connectivity index (χ4n) is 1.28. The number of sulfone groups is 1. The molecule has 17 heavy (non-hydrogen) atoms. The van der Waals surface area contributed by atoms with E-state index >= 15 is 0 Å². The molecule has 1 N–H and O–H groups in total. The van der Waals surface area contributed by atoms with Gasteiger partial charge in [0, 0.05) is 0 Å². The van der Waals surface area contributed by atoms with Crippen molar-refractivity contribution in [3.05, 3.63) is 42.0 Å². The van der Waals surface area contributed by atoms with Gasteiger partial charge in [-0.2, -0.15) is 0 Å². The summed E-state index contributed by atoms with van der Waals surface area (Å²) in [4.78, 5) is 10.8. The predicted octanol–water partition coefficient (Wildman–Crippen LogP) is 2.12. The van der Waals surface area contributed by atoms with E-state index in [0.717, 1.165) is 0 Å². The second kappa shape index (κ2) is 5.14. The maximum absolute atomic E-state index is 11.9. The number of hydrogen-bond donors (Lipinski definition) is 1. The van der Waals surface area contributed by atoms with Gasteiger partial charge >= 0.3 is 5.97 Å². The third-order valence-corrected chi connectivity index (χ3v) is 4.09. The van der Waals surface area contributed by atoms with E-state index in [1.165, 1.54) is 24.3 Å². The summed E-state index contributed by atoms with van der Waals surface area (Å²) in [6, 6.07) is 5.34. The Bertz CT molecular complexity index is 543. The van der Waals surface area contributed by atoms with E-state index in [0.29, 0.717) is 12.0 Å². The minimum Gasteiger partial charge on any atom is -0.478 e. The first kappa shape index (κ1) is 13.4. The topological polar surface area (TPSA) is 71.4 Å². The van der Waals surface area contributed by atoms with Crippen LogP contribution in [0, 0.1) is 0 Å². The lowest BCUT2D eigenvalue weighted by Crippen LogP contribution is -2.09. The van der Waals surface area contributed by atoms with Crippen LogP contribution in [0.5, 0.6) is 0 Å². The summed E-state index contributed by atoms with van der Waals surface area (Å²) in [5.41, 5.74) is 0.568. The quantitative estimate of drug-likeness (QED) is 0.817. The normalized spacial score (nSPS) is 11.1. The Morgan fingerprint density at radius 3 is 2.59 bits per heavy atom. The first-order valence-corrected chi connectivity index (χ1v) is 6.75. The van der Waals surface area contributed by atoms with Crippen molar-refractivity contribution in [1.82, 2.24) is 0 Å². The molecule has 1 aromatic carbocycles. The van der Waals surface area contributed by atoms with Crippen LogP contribution in [0.3, 0.4) is 0 Å². The van der Waals surface area contributed by atoms with Gasteiger partial charge in [0.05, 0.1) is 16.2 Å². The lowest BCUT2D eigenvalue weighted by molar-refractivity contribution is 0.0696. The van der Waals surface area contributed by atoms with Crippen LogP contribution in [0.1, 0.15) is 23.7 Å². The molecule has 0 amide bonds. The molecule has 0 aliphatic rings. The third kappa shape index (κ3) is 3.42. The number of hydrogen-bond acceptors (Lipinski definition) is 3. The Morgan fingerprint density at radius 2 is 2.06 bits per heavy atom. The molecule has 0 unspecified atom stereocenters. The number of carbonyl (C=O) groups is 1. The molecule has 0 radical (unpaired) electrons. The Balaban J connectivity index is 3.11. The van der Waals surface area contributed by atoms with Crippen LogP contribution < -0.4 is 0 Å². The first-order chi connectivity index (χ1) is 7.86. The highest BCUT2D eigenvalue weighted by Crippen LogP contribution is 2.16. The average Bonchev–Trinajstić information content (AvgIpc) is 2.28. The van der Waals surface area contributed by atoms with E-state index in [9.17, 15) is 13.2 Å². The summed E-state index contributed by atoms with van der Waals surface area (Å²) in [5, 5.41) is 8.79. The highest BCUT2D eigenvalue weighted by atomic mass is 32.2. The summed E-state index contributed by atoms with van der Waals surface area (Å²) in [6.45, 7) is 5.47. The molecule has 0 fully saturated rings. The summed E-state index contributed by atoms with van der Waals surface area (Å²) in [7, 11) is -3.49. The summed E-state index contributed by atoms with van der Waals surface area (Å²) >= 11 is 0. The predicted molar refractivity (Wildman–Crippen MR) is 64.9 cm³/mol. The SMILES string of the molecule is C=C(CC)CS(=O)(=O)c1cccc(C(=O)O)c1. The van der Waals surface area contributed by atoms with Crippen LogP contribution in [-0.2, 0) is 9.84 Å². The van der Waals surface area contributed by atoms with Gasteiger partial charge in [0.25, 0.3) is 0 Å². The van der Waals surface area contributed by atoms with Crippen molar-refractivity contribution in [3.63, 3.8) is 0 Å². The van der Waals surface area contributed by atoms with Crippen molar-refractivity contribution in [1.29, 1.82) is 0 Å². The zero-order valence-electron chi connectivity index (χ0n) is 9.51. The van der Waals surface area contributed by atoms with Crippen LogP contribution in [-0.4, -0.2) is 25.2 Å². The maximum Gasteiger partial charge on any atom is 0.335 e. The first-order valence-electron chi connectivity index (χ1n) is 5.09. The molecule has 5 heteroatoms. The van der Waals surface area contributed by atoms with Crippen molar-refractivity contribution in [2.75, 3.05) is 5.75 Å². The maximum atomic E-state index is 11.9. The Kier molecular flexibility index (Phi) is 4.07. The number of carboxylic acid groups (broad SMARTS) is 1. The fraction of sp³-hybridized carbons (Fsp3) is 0.250. The molecule has 1 rings (SSSR count). The molecule has 0 aromatic heterocycles. The average molecular weight is 254 g/mol. The van der Waals surface area contributed by atoms with Gasteiger partial charge in [-0.05, 0) is 24.6 Å². The Labute approximate surface area is 101 Å². The number of rotatable bonds is 5. The second-order valence-electron chi connectivity index (χ2n) is 3.70. The summed E-state index contributed by atoms with van der Waals surface area (Å²) in [5.74, 6) is -1.29. The molecule has 0 atom stereocenters. The molecule has 0 bridgehead atoms. The van der Waals surface area contributed by atoms with Crippen molar-refractivity contribution >= 4 is 15.8 Å². The van der Waals surface area contributed by atoms with E-state index < -0.39 is 15.8 Å². The largest absolute Gasteiger partial charge is 0.478 e. The molecule has 0 aliphatic heterocycles. The number of aromatic carboxylic acids is 1. The highest BCUT2D eigenvalue weighted by Gasteiger charge is 2.16. The highest BCUT2D eigenvalue weighted by molar-refractivity contribution is 7.91. The Hall–Kier alpha value is -1.62. The van der Waals surface area contributed by atoms with E-state index in [1.54, 1.807) is 0 Å². The smallest absolute Gasteiger partial charge is 0.335 e. The zero-order valence-corrected chi connectivity index (χ0v) is 10.3. The van der Waals surface area contributed by atoms with Crippen LogP contribution in [0.4, 0.5) is 0 Å². The number of benzene rings is 1. The van der Waals surface area contributed by atoms with Crippen LogP contribution in [0.15, 0.2) is 41.3 Å². The molecule has 0 saturated heterocycles. The van der Waals surface area contributed by atoms with Gasteiger partial charge in [-0.1, -0.05) is 25.1 Å². The molecule has 0 spiro atoms. The standard InChI is InChI=1S/C12H14O4S/c1-3-9(2)8-17(15,16)11-6-4-5-10(7-11)12(13)14/h4-7H,2-3,8H2,1H3,(H,13,14). The van der Waals surface area contributed by atoms with Crippen molar-refractivity contribution in [2.45, 2.75) is 18.2 Å². The van der Waals surface area contributed by atoms with Crippen molar-refractivity contribution in [2.24, 2.45) is 0 Å². The fourth-order valence-corrected chi connectivity index (χ4v) is 2.78. The number of carboxylic acids is 1. The summed E-state index contributed by atoms with van der Waals surface area (Å²) < 4.78 is 23.8. The van der Waals surface area contributed by atoms with Crippen molar-refractivity contribution in [3.8, 4) is 0 Å². The minimum absolute atomic E-state index is 0.0204. The van der Waals surface area contributed by atoms with Gasteiger partial charge in [0.2, 0.25) is 0 Å². The van der Waals surface area contributed by atoms with Gasteiger partial charge in [-0.3, -0.25) is 0 Å². The molecular weight excluding hydrogens is 240 g/mol. The van der Waals surface area contributed by atoms with Crippen LogP contribution in [0.2, 0.25) is 0 Å². The van der Waals surface area contributed by atoms with Gasteiger partial charge in [-0.15, -0.1) is 0 Å². The Morgan fingerprint density at radius 1 is 1.41 bits per heavy atom. The van der Waals surface area contributed by atoms with Gasteiger partial charge < -0.3 is 5.11 Å². The second-order valence-corrected chi connectivity index (χ2v) is 5.69. The molecule has 1 aromatic rings. The lowest BCUT2D eigenvalue weighted by atomic mass is 10.2.